The van der Waals surface area contributed by atoms with Crippen LogP contribution in [-0.4, -0.2) is 40.8 Å². The molecule has 1 aromatic carbocycles. The lowest BCUT2D eigenvalue weighted by Gasteiger charge is -2.02. The molecule has 20 heavy (non-hydrogen) atoms. The number of hydrogen-bond acceptors (Lipinski definition) is 5. The summed E-state index contributed by atoms with van der Waals surface area (Å²) in [6.45, 7) is 0.562. The molecule has 0 amide bonds. The first-order valence-electron chi connectivity index (χ1n) is 6.05. The van der Waals surface area contributed by atoms with Crippen molar-refractivity contribution in [2.75, 3.05) is 0 Å². The van der Waals surface area contributed by atoms with E-state index in [1.165, 1.54) is 6.07 Å². The summed E-state index contributed by atoms with van der Waals surface area (Å²) in [5, 5.41) is 24.9. The second-order valence-corrected chi connectivity index (χ2v) is 4.40. The third-order valence-electron chi connectivity index (χ3n) is 3.13. The first-order valence-corrected chi connectivity index (χ1v) is 6.05. The van der Waals surface area contributed by atoms with Crippen molar-refractivity contribution in [2.45, 2.75) is 13.0 Å². The molecule has 0 saturated heterocycles. The van der Waals surface area contributed by atoms with Crippen molar-refractivity contribution in [3.05, 3.63) is 35.9 Å². The summed E-state index contributed by atoms with van der Waals surface area (Å²) in [6.07, 6.45) is 2.28. The Labute approximate surface area is 113 Å². The molecule has 2 aromatic heterocycles. The van der Waals surface area contributed by atoms with Crippen molar-refractivity contribution in [2.24, 2.45) is 7.05 Å². The number of fused-ring (bicyclic) bond motifs is 1. The molecular weight excluding hydrogens is 260 g/mol. The Balaban J connectivity index is 1.91. The van der Waals surface area contributed by atoms with Gasteiger partial charge in [0.2, 0.25) is 0 Å². The lowest BCUT2D eigenvalue weighted by atomic mass is 10.2. The van der Waals surface area contributed by atoms with E-state index in [4.69, 9.17) is 5.11 Å². The fourth-order valence-corrected chi connectivity index (χ4v) is 2.07. The molecule has 0 spiro atoms. The molecule has 0 unspecified atom stereocenters. The minimum Gasteiger partial charge on any atom is -0.478 e. The molecule has 0 saturated carbocycles. The third-order valence-corrected chi connectivity index (χ3v) is 3.13. The molecule has 1 N–H and O–H groups in total. The van der Waals surface area contributed by atoms with Crippen LogP contribution in [-0.2, 0) is 20.0 Å². The van der Waals surface area contributed by atoms with Crippen LogP contribution in [0.5, 0.6) is 0 Å². The Bertz CT molecular complexity index is 775. The maximum absolute atomic E-state index is 11.1. The van der Waals surface area contributed by atoms with Crippen molar-refractivity contribution in [3.63, 3.8) is 0 Å². The number of aryl methyl sites for hydroxylation is 3. The number of carboxylic acids is 1. The zero-order chi connectivity index (χ0) is 14.1. The van der Waals surface area contributed by atoms with Crippen molar-refractivity contribution in [1.29, 1.82) is 0 Å². The predicted octanol–water partition coefficient (Wildman–Crippen LogP) is 0.501. The Morgan fingerprint density at radius 2 is 2.20 bits per heavy atom. The maximum atomic E-state index is 11.1. The van der Waals surface area contributed by atoms with Gasteiger partial charge >= 0.3 is 5.97 Å². The molecule has 102 valence electrons. The van der Waals surface area contributed by atoms with Crippen molar-refractivity contribution >= 4 is 17.0 Å². The van der Waals surface area contributed by atoms with Gasteiger partial charge in [0.05, 0.1) is 17.6 Å². The van der Waals surface area contributed by atoms with Crippen LogP contribution in [0.1, 0.15) is 16.2 Å². The van der Waals surface area contributed by atoms with Crippen LogP contribution < -0.4 is 0 Å². The summed E-state index contributed by atoms with van der Waals surface area (Å²) in [4.78, 5) is 11.1. The van der Waals surface area contributed by atoms with Crippen molar-refractivity contribution < 1.29 is 9.90 Å². The Morgan fingerprint density at radius 3 is 2.90 bits per heavy atom. The number of benzene rings is 1. The van der Waals surface area contributed by atoms with E-state index in [9.17, 15) is 4.79 Å². The number of aromatic nitrogens is 6. The van der Waals surface area contributed by atoms with Gasteiger partial charge in [-0.25, -0.2) is 9.48 Å². The van der Waals surface area contributed by atoms with Crippen LogP contribution in [0.15, 0.2) is 24.5 Å². The average Bonchev–Trinajstić information content (AvgIpc) is 3.02. The molecule has 0 atom stereocenters. The molecule has 0 bridgehead atoms. The minimum atomic E-state index is -1.00. The molecule has 8 heteroatoms. The first kappa shape index (κ1) is 12.3. The van der Waals surface area contributed by atoms with E-state index in [1.54, 1.807) is 23.1 Å². The maximum Gasteiger partial charge on any atom is 0.338 e. The SMILES string of the molecule is Cn1cnnc1CCn1nnc2c(C(=O)O)cccc21. The van der Waals surface area contributed by atoms with Crippen LogP contribution in [0.4, 0.5) is 0 Å². The Morgan fingerprint density at radius 1 is 1.35 bits per heavy atom. The van der Waals surface area contributed by atoms with Gasteiger partial charge in [-0.2, -0.15) is 0 Å². The van der Waals surface area contributed by atoms with E-state index in [2.05, 4.69) is 20.5 Å². The fraction of sp³-hybridized carbons (Fsp3) is 0.250. The quantitative estimate of drug-likeness (QED) is 0.742. The van der Waals surface area contributed by atoms with Crippen LogP contribution in [0.2, 0.25) is 0 Å². The van der Waals surface area contributed by atoms with E-state index in [0.29, 0.717) is 24.0 Å². The number of nitrogens with zero attached hydrogens (tertiary/aromatic N) is 6. The fourth-order valence-electron chi connectivity index (χ4n) is 2.07. The van der Waals surface area contributed by atoms with Gasteiger partial charge in [0, 0.05) is 13.5 Å². The number of carbonyl (C=O) groups is 1. The second-order valence-electron chi connectivity index (χ2n) is 4.40. The highest BCUT2D eigenvalue weighted by Gasteiger charge is 2.13. The first-order chi connectivity index (χ1) is 9.66. The molecule has 0 aliphatic carbocycles. The average molecular weight is 272 g/mol. The molecule has 0 aliphatic rings. The highest BCUT2D eigenvalue weighted by atomic mass is 16.4. The smallest absolute Gasteiger partial charge is 0.338 e. The largest absolute Gasteiger partial charge is 0.478 e. The minimum absolute atomic E-state index is 0.160. The van der Waals surface area contributed by atoms with Gasteiger partial charge in [0.15, 0.2) is 0 Å². The molecule has 2 heterocycles. The Hall–Kier alpha value is -2.77. The standard InChI is InChI=1S/C12H12N6O2/c1-17-7-13-14-10(17)5-6-18-9-4-2-3-8(12(19)20)11(9)15-16-18/h2-4,7H,5-6H2,1H3,(H,19,20). The second kappa shape index (κ2) is 4.72. The van der Waals surface area contributed by atoms with Gasteiger partial charge in [-0.1, -0.05) is 11.3 Å². The highest BCUT2D eigenvalue weighted by Crippen LogP contribution is 2.16. The lowest BCUT2D eigenvalue weighted by Crippen LogP contribution is -2.07. The summed E-state index contributed by atoms with van der Waals surface area (Å²) in [7, 11) is 1.87. The summed E-state index contributed by atoms with van der Waals surface area (Å²) in [5.74, 6) is -0.168. The Kier molecular flexibility index (Phi) is 2.90. The van der Waals surface area contributed by atoms with Crippen LogP contribution in [0, 0.1) is 0 Å². The summed E-state index contributed by atoms with van der Waals surface area (Å²) in [5.41, 5.74) is 1.26. The normalized spacial score (nSPS) is 11.1. The monoisotopic (exact) mass is 272 g/mol. The number of aromatic carboxylic acids is 1. The van der Waals surface area contributed by atoms with Crippen LogP contribution in [0.3, 0.4) is 0 Å². The van der Waals surface area contributed by atoms with Gasteiger partial charge in [0.1, 0.15) is 17.7 Å². The lowest BCUT2D eigenvalue weighted by molar-refractivity contribution is 0.0699. The topological polar surface area (TPSA) is 98.7 Å². The molecule has 3 aromatic rings. The third kappa shape index (κ3) is 2.00. The zero-order valence-electron chi connectivity index (χ0n) is 10.8. The summed E-state index contributed by atoms with van der Waals surface area (Å²) in [6, 6.07) is 5.01. The molecule has 0 aliphatic heterocycles. The van der Waals surface area contributed by atoms with E-state index in [1.807, 2.05) is 11.6 Å². The predicted molar refractivity (Wildman–Crippen MR) is 69.2 cm³/mol. The van der Waals surface area contributed by atoms with E-state index < -0.39 is 5.97 Å². The van der Waals surface area contributed by atoms with Crippen molar-refractivity contribution in [3.8, 4) is 0 Å². The number of hydrogen-bond donors (Lipinski definition) is 1. The van der Waals surface area contributed by atoms with E-state index >= 15 is 0 Å². The van der Waals surface area contributed by atoms with Gasteiger partial charge in [-0.3, -0.25) is 0 Å². The summed E-state index contributed by atoms with van der Waals surface area (Å²) >= 11 is 0. The van der Waals surface area contributed by atoms with Crippen LogP contribution >= 0.6 is 0 Å². The zero-order valence-corrected chi connectivity index (χ0v) is 10.8. The highest BCUT2D eigenvalue weighted by molar-refractivity contribution is 6.00. The number of carboxylic acid groups (broad SMARTS) is 1. The van der Waals surface area contributed by atoms with Gasteiger partial charge in [-0.05, 0) is 12.1 Å². The van der Waals surface area contributed by atoms with Crippen molar-refractivity contribution in [1.82, 2.24) is 29.8 Å². The molecular formula is C12H12N6O2. The number of rotatable bonds is 4. The summed E-state index contributed by atoms with van der Waals surface area (Å²) < 4.78 is 3.51. The van der Waals surface area contributed by atoms with Crippen LogP contribution in [0.25, 0.3) is 11.0 Å². The molecule has 0 fully saturated rings. The van der Waals surface area contributed by atoms with Gasteiger partial charge < -0.3 is 9.67 Å². The van der Waals surface area contributed by atoms with E-state index in [-0.39, 0.29) is 5.56 Å². The molecule has 8 nitrogen and oxygen atoms in total. The van der Waals surface area contributed by atoms with Gasteiger partial charge in [0.25, 0.3) is 0 Å². The van der Waals surface area contributed by atoms with Gasteiger partial charge in [-0.15, -0.1) is 15.3 Å². The molecule has 0 radical (unpaired) electrons. The van der Waals surface area contributed by atoms with E-state index in [0.717, 1.165) is 5.82 Å². The molecule has 3 rings (SSSR count).